The molecule has 27 heavy (non-hydrogen) atoms. The molecule has 1 aliphatic carbocycles. The number of benzene rings is 1. The number of nitrogens with one attached hydrogen (secondary N) is 1. The molecule has 1 saturated carbocycles. The smallest absolute Gasteiger partial charge is 0.259 e. The Morgan fingerprint density at radius 1 is 1.19 bits per heavy atom. The summed E-state index contributed by atoms with van der Waals surface area (Å²) in [7, 11) is 0. The summed E-state index contributed by atoms with van der Waals surface area (Å²) < 4.78 is 0. The second kappa shape index (κ2) is 8.15. The van der Waals surface area contributed by atoms with Gasteiger partial charge in [0.15, 0.2) is 0 Å². The van der Waals surface area contributed by atoms with Crippen LogP contribution in [0.15, 0.2) is 64.7 Å². The lowest BCUT2D eigenvalue weighted by molar-refractivity contribution is -0.118. The Morgan fingerprint density at radius 2 is 2.00 bits per heavy atom. The lowest BCUT2D eigenvalue weighted by Crippen LogP contribution is -2.45. The van der Waals surface area contributed by atoms with E-state index in [4.69, 9.17) is 0 Å². The van der Waals surface area contributed by atoms with Crippen LogP contribution in [0.25, 0.3) is 0 Å². The summed E-state index contributed by atoms with van der Waals surface area (Å²) in [5.74, 6) is -0.119. The summed E-state index contributed by atoms with van der Waals surface area (Å²) in [6, 6.07) is 13.8. The first-order valence-electron chi connectivity index (χ1n) is 9.35. The van der Waals surface area contributed by atoms with Crippen LogP contribution < -0.4 is 10.2 Å². The van der Waals surface area contributed by atoms with Gasteiger partial charge in [0.1, 0.15) is 0 Å². The molecule has 0 unspecified atom stereocenters. The summed E-state index contributed by atoms with van der Waals surface area (Å²) >= 11 is 1.47. The van der Waals surface area contributed by atoms with Crippen molar-refractivity contribution < 1.29 is 9.90 Å². The highest BCUT2D eigenvalue weighted by atomic mass is 32.2. The van der Waals surface area contributed by atoms with Gasteiger partial charge in [-0.05, 0) is 37.1 Å². The summed E-state index contributed by atoms with van der Waals surface area (Å²) in [5, 5.41) is 13.2. The van der Waals surface area contributed by atoms with Gasteiger partial charge in [-0.3, -0.25) is 9.78 Å². The first kappa shape index (κ1) is 18.1. The molecule has 1 aromatic carbocycles. The van der Waals surface area contributed by atoms with Gasteiger partial charge in [0.05, 0.1) is 35.0 Å². The number of nitrogens with zero attached hydrogens (tertiary/aromatic N) is 2. The Morgan fingerprint density at radius 3 is 2.81 bits per heavy atom. The number of carbonyl (C=O) groups is 1. The topological polar surface area (TPSA) is 65.5 Å². The Balaban J connectivity index is 1.56. The van der Waals surface area contributed by atoms with Gasteiger partial charge < -0.3 is 15.3 Å². The van der Waals surface area contributed by atoms with E-state index in [-0.39, 0.29) is 11.9 Å². The Hall–Kier alpha value is -2.31. The molecule has 2 aromatic rings. The number of anilines is 1. The number of hydrogen-bond donors (Lipinski definition) is 2. The lowest BCUT2D eigenvalue weighted by Gasteiger charge is -2.31. The minimum atomic E-state index is -0.450. The summed E-state index contributed by atoms with van der Waals surface area (Å²) in [4.78, 5) is 21.0. The highest BCUT2D eigenvalue weighted by Crippen LogP contribution is 2.40. The van der Waals surface area contributed by atoms with E-state index in [1.54, 1.807) is 6.20 Å². The molecule has 2 aliphatic rings. The van der Waals surface area contributed by atoms with Gasteiger partial charge in [-0.25, -0.2) is 0 Å². The fourth-order valence-corrected chi connectivity index (χ4v) is 4.56. The van der Waals surface area contributed by atoms with E-state index < -0.39 is 6.10 Å². The third-order valence-electron chi connectivity index (χ3n) is 5.00. The van der Waals surface area contributed by atoms with Crippen LogP contribution in [0.5, 0.6) is 0 Å². The predicted octanol–water partition coefficient (Wildman–Crippen LogP) is 3.46. The molecular formula is C21H23N3O2S. The highest BCUT2D eigenvalue weighted by molar-refractivity contribution is 8.04. The number of pyridine rings is 1. The van der Waals surface area contributed by atoms with E-state index in [1.165, 1.54) is 11.8 Å². The fraction of sp³-hybridized carbons (Fsp3) is 0.333. The third-order valence-corrected chi connectivity index (χ3v) is 6.07. The molecule has 1 fully saturated rings. The monoisotopic (exact) mass is 381 g/mol. The first-order valence-corrected chi connectivity index (χ1v) is 10.2. The summed E-state index contributed by atoms with van der Waals surface area (Å²) in [6.45, 7) is 0.598. The van der Waals surface area contributed by atoms with Crippen LogP contribution in [-0.4, -0.2) is 28.1 Å². The fourth-order valence-electron chi connectivity index (χ4n) is 3.56. The Kier molecular flexibility index (Phi) is 5.45. The molecule has 1 aromatic heterocycles. The zero-order chi connectivity index (χ0) is 18.6. The van der Waals surface area contributed by atoms with Gasteiger partial charge in [-0.1, -0.05) is 42.8 Å². The summed E-state index contributed by atoms with van der Waals surface area (Å²) in [6.07, 6.45) is 6.88. The molecule has 1 amide bonds. The average molecular weight is 382 g/mol. The van der Waals surface area contributed by atoms with Crippen molar-refractivity contribution in [3.8, 4) is 0 Å². The number of para-hydroxylation sites is 1. The zero-order valence-electron chi connectivity index (χ0n) is 15.0. The van der Waals surface area contributed by atoms with Crippen molar-refractivity contribution in [3.63, 3.8) is 0 Å². The number of rotatable bonds is 4. The van der Waals surface area contributed by atoms with Crippen LogP contribution in [-0.2, 0) is 11.3 Å². The van der Waals surface area contributed by atoms with Crippen molar-refractivity contribution in [2.24, 2.45) is 0 Å². The van der Waals surface area contributed by atoms with E-state index in [9.17, 15) is 9.90 Å². The third kappa shape index (κ3) is 4.17. The van der Waals surface area contributed by atoms with Crippen molar-refractivity contribution in [2.75, 3.05) is 4.90 Å². The van der Waals surface area contributed by atoms with Crippen molar-refractivity contribution >= 4 is 23.4 Å². The summed E-state index contributed by atoms with van der Waals surface area (Å²) in [5.41, 5.74) is 2.01. The van der Waals surface area contributed by atoms with E-state index in [0.717, 1.165) is 42.0 Å². The quantitative estimate of drug-likeness (QED) is 0.849. The molecule has 2 heterocycles. The molecule has 0 bridgehead atoms. The number of aliphatic hydroxyl groups is 1. The standard InChI is InChI=1S/C21H23N3O2S/c25-18-10-3-1-8-16(18)23-21(26)20-14-24(13-15-7-5-6-12-22-15)17-9-2-4-11-19(17)27-20/h2,4-7,9,11-12,14,16,18,25H,1,3,8,10,13H2,(H,23,26)/t16-,18-/m0/s1. The molecule has 4 rings (SSSR count). The zero-order valence-corrected chi connectivity index (χ0v) is 15.9. The number of thioether (sulfide) groups is 1. The number of fused-ring (bicyclic) bond motifs is 1. The van der Waals surface area contributed by atoms with E-state index in [2.05, 4.69) is 21.3 Å². The molecule has 0 radical (unpaired) electrons. The van der Waals surface area contributed by atoms with E-state index in [0.29, 0.717) is 11.4 Å². The van der Waals surface area contributed by atoms with Crippen LogP contribution in [0.2, 0.25) is 0 Å². The predicted molar refractivity (Wildman–Crippen MR) is 107 cm³/mol. The van der Waals surface area contributed by atoms with Crippen LogP contribution in [0.4, 0.5) is 5.69 Å². The van der Waals surface area contributed by atoms with Gasteiger partial charge in [-0.2, -0.15) is 0 Å². The van der Waals surface area contributed by atoms with E-state index in [1.807, 2.05) is 42.6 Å². The Labute approximate surface area is 163 Å². The van der Waals surface area contributed by atoms with Crippen LogP contribution in [0.1, 0.15) is 31.4 Å². The van der Waals surface area contributed by atoms with Crippen molar-refractivity contribution in [3.05, 3.63) is 65.5 Å². The number of hydrogen-bond acceptors (Lipinski definition) is 5. The van der Waals surface area contributed by atoms with Crippen LogP contribution in [0.3, 0.4) is 0 Å². The number of carbonyl (C=O) groups excluding carboxylic acids is 1. The van der Waals surface area contributed by atoms with Gasteiger partial charge >= 0.3 is 0 Å². The van der Waals surface area contributed by atoms with Gasteiger partial charge in [0.2, 0.25) is 0 Å². The molecule has 6 heteroatoms. The van der Waals surface area contributed by atoms with Crippen molar-refractivity contribution in [1.82, 2.24) is 10.3 Å². The maximum Gasteiger partial charge on any atom is 0.259 e. The molecule has 0 saturated heterocycles. The molecule has 2 N–H and O–H groups in total. The maximum atomic E-state index is 12.9. The van der Waals surface area contributed by atoms with Crippen LogP contribution >= 0.6 is 11.8 Å². The molecule has 0 spiro atoms. The van der Waals surface area contributed by atoms with E-state index >= 15 is 0 Å². The largest absolute Gasteiger partial charge is 0.391 e. The maximum absolute atomic E-state index is 12.9. The highest BCUT2D eigenvalue weighted by Gasteiger charge is 2.28. The first-order chi connectivity index (χ1) is 13.2. The molecule has 2 atom stereocenters. The second-order valence-corrected chi connectivity index (χ2v) is 8.03. The molecular weight excluding hydrogens is 358 g/mol. The molecule has 1 aliphatic heterocycles. The number of aromatic nitrogens is 1. The lowest BCUT2D eigenvalue weighted by atomic mass is 9.92. The normalized spacial score (nSPS) is 22.0. The number of aliphatic hydroxyl groups excluding tert-OH is 1. The molecule has 5 nitrogen and oxygen atoms in total. The van der Waals surface area contributed by atoms with Gasteiger partial charge in [0.25, 0.3) is 5.91 Å². The van der Waals surface area contributed by atoms with Crippen molar-refractivity contribution in [1.29, 1.82) is 0 Å². The second-order valence-electron chi connectivity index (χ2n) is 6.94. The number of amides is 1. The average Bonchev–Trinajstić information content (AvgIpc) is 2.70. The minimum absolute atomic E-state index is 0.119. The SMILES string of the molecule is O=C(N[C@H]1CCCC[C@@H]1O)C1=CN(Cc2ccccn2)c2ccccc2S1. The van der Waals surface area contributed by atoms with Gasteiger partial charge in [0, 0.05) is 17.3 Å². The van der Waals surface area contributed by atoms with Crippen LogP contribution in [0, 0.1) is 0 Å². The molecule has 140 valence electrons. The Bertz CT molecular complexity index is 840. The minimum Gasteiger partial charge on any atom is -0.391 e. The van der Waals surface area contributed by atoms with Crippen molar-refractivity contribution in [2.45, 2.75) is 49.3 Å². The van der Waals surface area contributed by atoms with Gasteiger partial charge in [-0.15, -0.1) is 0 Å².